The Labute approximate surface area is 162 Å². The lowest BCUT2D eigenvalue weighted by Gasteiger charge is -2.22. The molecule has 1 heterocycles. The average Bonchev–Trinajstić information content (AvgIpc) is 3.09. The number of aryl methyl sites for hydroxylation is 1. The minimum Gasteiger partial charge on any atom is -0.354 e. The molecule has 2 amide bonds. The SMILES string of the molecule is CC(C)C(NC(=O)c1ccc(Cl)cc1Cl)C(=O)NCCCn1cccn1. The van der Waals surface area contributed by atoms with Gasteiger partial charge in [-0.15, -0.1) is 0 Å². The van der Waals surface area contributed by atoms with Gasteiger partial charge in [0.05, 0.1) is 10.6 Å². The lowest BCUT2D eigenvalue weighted by molar-refractivity contribution is -0.123. The molecule has 2 rings (SSSR count). The molecule has 140 valence electrons. The Bertz CT molecular complexity index is 748. The van der Waals surface area contributed by atoms with Crippen LogP contribution in [0.1, 0.15) is 30.6 Å². The second kappa shape index (κ2) is 9.59. The zero-order chi connectivity index (χ0) is 19.1. The largest absolute Gasteiger partial charge is 0.354 e. The average molecular weight is 397 g/mol. The Kier molecular flexibility index (Phi) is 7.48. The molecule has 6 nitrogen and oxygen atoms in total. The first-order valence-corrected chi connectivity index (χ1v) is 9.15. The van der Waals surface area contributed by atoms with Crippen molar-refractivity contribution >= 4 is 35.0 Å². The molecule has 1 aromatic heterocycles. The van der Waals surface area contributed by atoms with Crippen LogP contribution in [0.5, 0.6) is 0 Å². The van der Waals surface area contributed by atoms with Gasteiger partial charge in [-0.2, -0.15) is 5.10 Å². The highest BCUT2D eigenvalue weighted by molar-refractivity contribution is 6.36. The number of amides is 2. The predicted octanol–water partition coefficient (Wildman–Crippen LogP) is 3.15. The van der Waals surface area contributed by atoms with Gasteiger partial charge in [0.25, 0.3) is 5.91 Å². The molecule has 1 atom stereocenters. The minimum absolute atomic E-state index is 0.0730. The highest BCUT2D eigenvalue weighted by Gasteiger charge is 2.25. The lowest BCUT2D eigenvalue weighted by Crippen LogP contribution is -2.50. The maximum atomic E-state index is 12.5. The van der Waals surface area contributed by atoms with Crippen molar-refractivity contribution in [1.29, 1.82) is 0 Å². The van der Waals surface area contributed by atoms with E-state index in [0.29, 0.717) is 18.1 Å². The van der Waals surface area contributed by atoms with Crippen molar-refractivity contribution in [3.8, 4) is 0 Å². The second-order valence-corrected chi connectivity index (χ2v) is 7.08. The summed E-state index contributed by atoms with van der Waals surface area (Å²) in [6.07, 6.45) is 4.33. The number of hydrogen-bond donors (Lipinski definition) is 2. The molecular formula is C18H22Cl2N4O2. The summed E-state index contributed by atoms with van der Waals surface area (Å²) in [5.41, 5.74) is 0.285. The first-order valence-electron chi connectivity index (χ1n) is 8.39. The van der Waals surface area contributed by atoms with Gasteiger partial charge in [0.1, 0.15) is 6.04 Å². The number of hydrogen-bond acceptors (Lipinski definition) is 3. The quantitative estimate of drug-likeness (QED) is 0.672. The summed E-state index contributed by atoms with van der Waals surface area (Å²) in [5.74, 6) is -0.702. The maximum absolute atomic E-state index is 12.5. The van der Waals surface area contributed by atoms with Crippen LogP contribution in [0.2, 0.25) is 10.0 Å². The number of nitrogens with zero attached hydrogens (tertiary/aromatic N) is 2. The summed E-state index contributed by atoms with van der Waals surface area (Å²) >= 11 is 11.9. The van der Waals surface area contributed by atoms with Crippen LogP contribution in [0.3, 0.4) is 0 Å². The van der Waals surface area contributed by atoms with Crippen molar-refractivity contribution in [1.82, 2.24) is 20.4 Å². The van der Waals surface area contributed by atoms with E-state index >= 15 is 0 Å². The van der Waals surface area contributed by atoms with Gasteiger partial charge >= 0.3 is 0 Å². The molecule has 0 saturated heterocycles. The van der Waals surface area contributed by atoms with Crippen LogP contribution in [-0.4, -0.2) is 34.2 Å². The first kappa shape index (κ1) is 20.3. The summed E-state index contributed by atoms with van der Waals surface area (Å²) in [4.78, 5) is 24.9. The fourth-order valence-electron chi connectivity index (χ4n) is 2.42. The van der Waals surface area contributed by atoms with Crippen LogP contribution >= 0.6 is 23.2 Å². The van der Waals surface area contributed by atoms with Crippen LogP contribution in [0, 0.1) is 5.92 Å². The molecule has 8 heteroatoms. The van der Waals surface area contributed by atoms with Crippen molar-refractivity contribution in [2.45, 2.75) is 32.9 Å². The molecule has 0 radical (unpaired) electrons. The molecule has 0 spiro atoms. The molecule has 0 aliphatic heterocycles. The van der Waals surface area contributed by atoms with Crippen LogP contribution in [0.4, 0.5) is 0 Å². The van der Waals surface area contributed by atoms with E-state index in [2.05, 4.69) is 15.7 Å². The Morgan fingerprint density at radius 1 is 1.27 bits per heavy atom. The van der Waals surface area contributed by atoms with E-state index in [4.69, 9.17) is 23.2 Å². The van der Waals surface area contributed by atoms with E-state index in [0.717, 1.165) is 6.42 Å². The molecule has 2 aromatic rings. The van der Waals surface area contributed by atoms with Gasteiger partial charge in [-0.05, 0) is 36.6 Å². The molecule has 26 heavy (non-hydrogen) atoms. The number of rotatable bonds is 8. The van der Waals surface area contributed by atoms with Gasteiger partial charge in [0.2, 0.25) is 5.91 Å². The third-order valence-electron chi connectivity index (χ3n) is 3.83. The number of carbonyl (C=O) groups excluding carboxylic acids is 2. The number of halogens is 2. The number of carbonyl (C=O) groups is 2. The smallest absolute Gasteiger partial charge is 0.253 e. The zero-order valence-electron chi connectivity index (χ0n) is 14.7. The maximum Gasteiger partial charge on any atom is 0.253 e. The van der Waals surface area contributed by atoms with E-state index in [9.17, 15) is 9.59 Å². The molecule has 0 saturated carbocycles. The number of aromatic nitrogens is 2. The van der Waals surface area contributed by atoms with Crippen LogP contribution in [0.25, 0.3) is 0 Å². The van der Waals surface area contributed by atoms with E-state index in [-0.39, 0.29) is 22.4 Å². The molecule has 2 N–H and O–H groups in total. The van der Waals surface area contributed by atoms with Gasteiger partial charge in [0, 0.05) is 30.5 Å². The highest BCUT2D eigenvalue weighted by atomic mass is 35.5. The number of benzene rings is 1. The monoisotopic (exact) mass is 396 g/mol. The van der Waals surface area contributed by atoms with Crippen LogP contribution in [-0.2, 0) is 11.3 Å². The lowest BCUT2D eigenvalue weighted by atomic mass is 10.0. The summed E-state index contributed by atoms with van der Waals surface area (Å²) in [6, 6.07) is 5.82. The van der Waals surface area contributed by atoms with Crippen molar-refractivity contribution in [2.24, 2.45) is 5.92 Å². The first-order chi connectivity index (χ1) is 12.4. The van der Waals surface area contributed by atoms with Gasteiger partial charge in [0.15, 0.2) is 0 Å². The summed E-state index contributed by atoms with van der Waals surface area (Å²) in [6.45, 7) is 4.96. The molecule has 0 fully saturated rings. The van der Waals surface area contributed by atoms with E-state index in [1.165, 1.54) is 6.07 Å². The minimum atomic E-state index is -0.654. The Balaban J connectivity index is 1.90. The van der Waals surface area contributed by atoms with E-state index in [1.807, 2.05) is 26.1 Å². The Morgan fingerprint density at radius 2 is 2.04 bits per heavy atom. The molecular weight excluding hydrogens is 375 g/mol. The molecule has 0 aliphatic rings. The highest BCUT2D eigenvalue weighted by Crippen LogP contribution is 2.21. The third-order valence-corrected chi connectivity index (χ3v) is 4.38. The Morgan fingerprint density at radius 3 is 2.65 bits per heavy atom. The predicted molar refractivity (Wildman–Crippen MR) is 102 cm³/mol. The number of nitrogens with one attached hydrogen (secondary N) is 2. The van der Waals surface area contributed by atoms with E-state index in [1.54, 1.807) is 23.0 Å². The van der Waals surface area contributed by atoms with Crippen LogP contribution < -0.4 is 10.6 Å². The van der Waals surface area contributed by atoms with Crippen LogP contribution in [0.15, 0.2) is 36.7 Å². The second-order valence-electron chi connectivity index (χ2n) is 6.23. The van der Waals surface area contributed by atoms with Crippen molar-refractivity contribution in [3.05, 3.63) is 52.3 Å². The van der Waals surface area contributed by atoms with Gasteiger partial charge in [-0.3, -0.25) is 14.3 Å². The van der Waals surface area contributed by atoms with Gasteiger partial charge < -0.3 is 10.6 Å². The summed E-state index contributed by atoms with van der Waals surface area (Å²) < 4.78 is 1.80. The third kappa shape index (κ3) is 5.75. The van der Waals surface area contributed by atoms with Crippen molar-refractivity contribution in [2.75, 3.05) is 6.54 Å². The van der Waals surface area contributed by atoms with E-state index < -0.39 is 11.9 Å². The molecule has 0 aliphatic carbocycles. The fraction of sp³-hybridized carbons (Fsp3) is 0.389. The van der Waals surface area contributed by atoms with Gasteiger partial charge in [-0.1, -0.05) is 37.0 Å². The Hall–Kier alpha value is -2.05. The molecule has 1 aromatic carbocycles. The van der Waals surface area contributed by atoms with Crippen molar-refractivity contribution < 1.29 is 9.59 Å². The summed E-state index contributed by atoms with van der Waals surface area (Å²) in [7, 11) is 0. The molecule has 0 bridgehead atoms. The molecule has 1 unspecified atom stereocenters. The zero-order valence-corrected chi connectivity index (χ0v) is 16.2. The summed E-state index contributed by atoms with van der Waals surface area (Å²) in [5, 5.41) is 10.4. The normalized spacial score (nSPS) is 12.0. The van der Waals surface area contributed by atoms with Gasteiger partial charge in [-0.25, -0.2) is 0 Å². The van der Waals surface area contributed by atoms with Crippen molar-refractivity contribution in [3.63, 3.8) is 0 Å². The standard InChI is InChI=1S/C18H22Cl2N4O2/c1-12(2)16(18(26)21-7-3-9-24-10-4-8-22-24)23-17(25)14-6-5-13(19)11-15(14)20/h4-6,8,10-12,16H,3,7,9H2,1-2H3,(H,21,26)(H,23,25). The fourth-order valence-corrected chi connectivity index (χ4v) is 2.92. The topological polar surface area (TPSA) is 76.0 Å².